The van der Waals surface area contributed by atoms with Gasteiger partial charge in [-0.25, -0.2) is 4.98 Å². The van der Waals surface area contributed by atoms with Crippen LogP contribution in [0.2, 0.25) is 0 Å². The number of nitrogens with zero attached hydrogens (tertiary/aromatic N) is 3. The highest BCUT2D eigenvalue weighted by Gasteiger charge is 2.29. The number of rotatable bonds is 9. The second-order valence-electron chi connectivity index (χ2n) is 20.6. The summed E-state index contributed by atoms with van der Waals surface area (Å²) < 4.78 is 76.4. The third-order valence-corrected chi connectivity index (χ3v) is 12.8. The van der Waals surface area contributed by atoms with Gasteiger partial charge in [-0.2, -0.15) is 0 Å². The van der Waals surface area contributed by atoms with Crippen LogP contribution in [-0.2, 0) is 22.7 Å². The molecule has 342 valence electrons. The molecule has 0 bridgehead atoms. The van der Waals surface area contributed by atoms with Gasteiger partial charge in [0.1, 0.15) is 11.6 Å². The topological polar surface area (TPSA) is 50.9 Å². The number of hydrogen-bond acceptors (Lipinski definition) is 3. The summed E-state index contributed by atoms with van der Waals surface area (Å²) in [4.78, 5) is 10.5. The van der Waals surface area contributed by atoms with E-state index < -0.39 is 31.4 Å². The van der Waals surface area contributed by atoms with Crippen molar-refractivity contribution < 1.29 is 17.4 Å². The first kappa shape index (κ1) is 36.1. The molecule has 0 saturated heterocycles. The molecular weight excluding hydrogens is 827 g/mol. The van der Waals surface area contributed by atoms with Gasteiger partial charge >= 0.3 is 0 Å². The fraction of sp³-hybridized carbons (Fsp3) is 0.250. The van der Waals surface area contributed by atoms with Crippen LogP contribution in [0, 0.1) is 5.92 Å². The van der Waals surface area contributed by atoms with Gasteiger partial charge in [0.2, 0.25) is 0 Å². The van der Waals surface area contributed by atoms with Gasteiger partial charge < -0.3 is 5.11 Å². The number of phenols is 1. The molecule has 0 unspecified atom stereocenters. The van der Waals surface area contributed by atoms with Gasteiger partial charge in [-0.1, -0.05) is 185 Å². The summed E-state index contributed by atoms with van der Waals surface area (Å²) in [6.45, 7) is 7.25. The van der Waals surface area contributed by atoms with Crippen LogP contribution in [-0.4, -0.2) is 19.6 Å². The summed E-state index contributed by atoms with van der Waals surface area (Å²) in [5.41, 5.74) is 10.6. The van der Waals surface area contributed by atoms with Gasteiger partial charge in [0.25, 0.3) is 0 Å². The van der Waals surface area contributed by atoms with Crippen LogP contribution in [0.5, 0.6) is 5.75 Å². The van der Waals surface area contributed by atoms with Crippen molar-refractivity contribution in [1.29, 1.82) is 0 Å². The second-order valence-corrected chi connectivity index (χ2v) is 20.6. The Labute approximate surface area is 417 Å². The zero-order chi connectivity index (χ0) is 55.6. The van der Waals surface area contributed by atoms with Crippen LogP contribution in [0.3, 0.4) is 0 Å². The highest BCUT2D eigenvalue weighted by Crippen LogP contribution is 2.46. The molecule has 0 fully saturated rings. The average Bonchev–Trinajstić information content (AvgIpc) is 4.01. The maximum absolute atomic E-state index is 12.6. The van der Waals surface area contributed by atoms with Gasteiger partial charge in [-0.15, -0.1) is 0 Å². The van der Waals surface area contributed by atoms with Crippen molar-refractivity contribution in [1.82, 2.24) is 14.5 Å². The number of para-hydroxylation sites is 1. The zero-order valence-corrected chi connectivity index (χ0v) is 40.2. The molecule has 0 saturated carbocycles. The number of imidazole rings is 1. The predicted octanol–water partition coefficient (Wildman–Crippen LogP) is 17.2. The van der Waals surface area contributed by atoms with Crippen LogP contribution >= 0.6 is 0 Å². The van der Waals surface area contributed by atoms with Crippen molar-refractivity contribution in [3.63, 3.8) is 0 Å². The molecule has 4 heteroatoms. The molecule has 68 heavy (non-hydrogen) atoms. The van der Waals surface area contributed by atoms with Crippen LogP contribution in [0.15, 0.2) is 170 Å². The molecule has 9 rings (SSSR count). The quantitative estimate of drug-likeness (QED) is 0.157. The summed E-state index contributed by atoms with van der Waals surface area (Å²) in [7, 11) is 0. The highest BCUT2D eigenvalue weighted by atomic mass is 16.3. The van der Waals surface area contributed by atoms with Crippen molar-refractivity contribution in [2.45, 2.75) is 98.6 Å². The number of phenolic OH excluding ortho intramolecular Hbond substituents is 1. The second kappa shape index (κ2) is 17.9. The molecule has 2 aromatic heterocycles. The highest BCUT2D eigenvalue weighted by molar-refractivity contribution is 5.98. The number of aromatic nitrogens is 3. The van der Waals surface area contributed by atoms with E-state index in [9.17, 15) is 5.11 Å². The van der Waals surface area contributed by atoms with Gasteiger partial charge in [-0.3, -0.25) is 9.55 Å². The molecule has 0 radical (unpaired) electrons. The van der Waals surface area contributed by atoms with Crippen LogP contribution in [0.1, 0.15) is 111 Å². The third-order valence-electron chi connectivity index (χ3n) is 12.8. The average molecular weight is 901 g/mol. The van der Waals surface area contributed by atoms with Gasteiger partial charge in [0.05, 0.1) is 28.0 Å². The summed E-state index contributed by atoms with van der Waals surface area (Å²) in [5.74, 6) is 1.22. The third kappa shape index (κ3) is 9.30. The van der Waals surface area contributed by atoms with E-state index >= 15 is 0 Å². The van der Waals surface area contributed by atoms with E-state index in [4.69, 9.17) is 22.3 Å². The van der Waals surface area contributed by atoms with Crippen molar-refractivity contribution in [2.75, 3.05) is 0 Å². The minimum atomic E-state index is -3.38. The first-order chi connectivity index (χ1) is 36.1. The molecule has 4 nitrogen and oxygen atoms in total. The van der Waals surface area contributed by atoms with E-state index in [2.05, 4.69) is 163 Å². The molecule has 0 aliphatic carbocycles. The number of aromatic hydroxyl groups is 1. The van der Waals surface area contributed by atoms with E-state index in [-0.39, 0.29) is 16.7 Å². The summed E-state index contributed by atoms with van der Waals surface area (Å²) in [5, 5.41) is 12.6. The lowest BCUT2D eigenvalue weighted by molar-refractivity contribution is 0.446. The molecule has 0 amide bonds. The molecule has 7 aromatic carbocycles. The molecule has 2 heterocycles. The minimum Gasteiger partial charge on any atom is -0.507 e. The Bertz CT molecular complexity index is 3580. The number of pyridine rings is 1. The molecule has 0 aliphatic rings. The Morgan fingerprint density at radius 1 is 0.529 bits per heavy atom. The van der Waals surface area contributed by atoms with Crippen molar-refractivity contribution in [2.24, 2.45) is 5.92 Å². The maximum atomic E-state index is 12.6. The lowest BCUT2D eigenvalue weighted by Gasteiger charge is -2.27. The molecule has 0 aliphatic heterocycles. The summed E-state index contributed by atoms with van der Waals surface area (Å²) >= 11 is 0. The first-order valence-electron chi connectivity index (χ1n) is 28.0. The van der Waals surface area contributed by atoms with Gasteiger partial charge in [-0.05, 0) is 133 Å². The Balaban J connectivity index is 1.29. The molecule has 0 atom stereocenters. The fourth-order valence-electron chi connectivity index (χ4n) is 9.20. The first-order valence-corrected chi connectivity index (χ1v) is 23.5. The number of benzene rings is 7. The van der Waals surface area contributed by atoms with E-state index in [0.717, 1.165) is 73.2 Å². The van der Waals surface area contributed by atoms with E-state index in [1.165, 1.54) is 17.7 Å². The Kier molecular flexibility index (Phi) is 9.48. The smallest absolute Gasteiger partial charge is 0.149 e. The Hall–Kier alpha value is -7.04. The van der Waals surface area contributed by atoms with Crippen LogP contribution < -0.4 is 0 Å². The van der Waals surface area contributed by atoms with E-state index in [1.807, 2.05) is 30.3 Å². The minimum absolute atomic E-state index is 0.182. The zero-order valence-electron chi connectivity index (χ0n) is 49.2. The largest absolute Gasteiger partial charge is 0.507 e. The van der Waals surface area contributed by atoms with E-state index in [1.54, 1.807) is 24.4 Å². The van der Waals surface area contributed by atoms with Crippen LogP contribution in [0.4, 0.5) is 0 Å². The van der Waals surface area contributed by atoms with Crippen molar-refractivity contribution in [3.8, 4) is 78.6 Å². The SMILES string of the molecule is [2H]C([2H])([2H])C(c1ccc(-c2ccnc(-c3cc(-c4ccccc4)cc(-c4cccc5c4nc(-c4cc(C(C)(C)C)cc(C(C)(C)C)c4O)n5-c4ccc(CC(C)C)cc4-c4ccccc4)c3)c2)cc1)(C([2H])([2H])[2H])C([2H])([2H])[2H]. The standard InChI is InChI=1S/C64H65N3O/c1-41(2)33-42-25-30-57(53(34-42)45-21-16-13-17-22-45)67-58-24-18-23-52(59(58)66-61(67)54-39-51(63(6,7)8)40-55(60(54)68)64(9,10)11)48-35-47(43-19-14-12-15-20-43)36-49(37-48)56-38-46(31-32-65-56)44-26-28-50(29-27-44)62(3,4)5/h12-32,34-41,68H,33H2,1-11H3/i3D3,4D3,5D3. The van der Waals surface area contributed by atoms with Crippen LogP contribution in [0.25, 0.3) is 83.9 Å². The summed E-state index contributed by atoms with van der Waals surface area (Å²) in [6, 6.07) is 53.4. The van der Waals surface area contributed by atoms with E-state index in [0.29, 0.717) is 34.1 Å². The van der Waals surface area contributed by atoms with Gasteiger partial charge in [0, 0.05) is 40.8 Å². The lowest BCUT2D eigenvalue weighted by Crippen LogP contribution is -2.17. The van der Waals surface area contributed by atoms with Crippen molar-refractivity contribution >= 4 is 11.0 Å². The normalized spacial score (nSPS) is 14.8. The summed E-state index contributed by atoms with van der Waals surface area (Å²) in [6.07, 6.45) is 2.59. The number of hydrogen-bond donors (Lipinski definition) is 1. The van der Waals surface area contributed by atoms with Gasteiger partial charge in [0.15, 0.2) is 0 Å². The van der Waals surface area contributed by atoms with Crippen molar-refractivity contribution in [3.05, 3.63) is 192 Å². The lowest BCUT2D eigenvalue weighted by atomic mass is 9.79. The maximum Gasteiger partial charge on any atom is 0.149 e. The molecule has 1 N–H and O–H groups in total. The predicted molar refractivity (Wildman–Crippen MR) is 288 cm³/mol. The molecule has 0 spiro atoms. The monoisotopic (exact) mass is 901 g/mol. The Morgan fingerprint density at radius 2 is 1.19 bits per heavy atom. The molecular formula is C64H65N3O. The Morgan fingerprint density at radius 3 is 1.85 bits per heavy atom. The fourth-order valence-corrected chi connectivity index (χ4v) is 9.20. The molecule has 9 aromatic rings. The number of fused-ring (bicyclic) bond motifs is 1.